The molecule has 0 saturated heterocycles. The van der Waals surface area contributed by atoms with E-state index in [1.54, 1.807) is 32.4 Å². The van der Waals surface area contributed by atoms with E-state index in [1.165, 1.54) is 0 Å². The highest BCUT2D eigenvalue weighted by Gasteiger charge is 2.13. The number of ether oxygens (including phenoxy) is 3. The van der Waals surface area contributed by atoms with Crippen LogP contribution in [0.1, 0.15) is 18.1 Å². The third kappa shape index (κ3) is 6.24. The minimum absolute atomic E-state index is 0.0215. The summed E-state index contributed by atoms with van der Waals surface area (Å²) in [6.45, 7) is 2.72. The van der Waals surface area contributed by atoms with E-state index in [9.17, 15) is 10.1 Å². The maximum atomic E-state index is 12.5. The summed E-state index contributed by atoms with van der Waals surface area (Å²) < 4.78 is 18.0. The maximum absolute atomic E-state index is 12.5. The summed E-state index contributed by atoms with van der Waals surface area (Å²) in [7, 11) is 3.12. The summed E-state index contributed by atoms with van der Waals surface area (Å²) in [5.74, 6) is 1.61. The van der Waals surface area contributed by atoms with E-state index in [4.69, 9.17) is 14.2 Å². The molecule has 8 heteroatoms. The molecule has 0 saturated carbocycles. The van der Waals surface area contributed by atoms with Crippen molar-refractivity contribution in [3.8, 4) is 23.3 Å². The van der Waals surface area contributed by atoms with Gasteiger partial charge in [-0.1, -0.05) is 0 Å². The van der Waals surface area contributed by atoms with Gasteiger partial charge in [0, 0.05) is 18.2 Å². The predicted octanol–water partition coefficient (Wildman–Crippen LogP) is 4.54. The van der Waals surface area contributed by atoms with Crippen LogP contribution in [0.25, 0.3) is 6.08 Å². The van der Waals surface area contributed by atoms with Crippen LogP contribution in [0.4, 0.5) is 0 Å². The van der Waals surface area contributed by atoms with Crippen LogP contribution in [-0.2, 0) is 11.3 Å². The molecule has 0 aromatic heterocycles. The average molecular weight is 618 g/mol. The van der Waals surface area contributed by atoms with Crippen LogP contribution >= 0.6 is 45.2 Å². The second kappa shape index (κ2) is 11.3. The first-order valence-electron chi connectivity index (χ1n) is 8.66. The number of benzene rings is 2. The molecule has 0 spiro atoms. The second-order valence-corrected chi connectivity index (χ2v) is 8.10. The smallest absolute Gasteiger partial charge is 0.262 e. The van der Waals surface area contributed by atoms with Gasteiger partial charge in [0.05, 0.1) is 28.0 Å². The van der Waals surface area contributed by atoms with Crippen molar-refractivity contribution < 1.29 is 19.0 Å². The minimum Gasteiger partial charge on any atom is -0.497 e. The highest BCUT2D eigenvalue weighted by molar-refractivity contribution is 14.1. The molecule has 0 atom stereocenters. The van der Waals surface area contributed by atoms with Gasteiger partial charge in [0.15, 0.2) is 0 Å². The number of halogens is 2. The summed E-state index contributed by atoms with van der Waals surface area (Å²) in [6, 6.07) is 11.1. The number of nitrogens with zero attached hydrogens (tertiary/aromatic N) is 1. The molecule has 0 bridgehead atoms. The van der Waals surface area contributed by atoms with Crippen LogP contribution in [0.3, 0.4) is 0 Å². The first kappa shape index (κ1) is 23.3. The number of hydrogen-bond donors (Lipinski definition) is 1. The van der Waals surface area contributed by atoms with Crippen LogP contribution in [0.5, 0.6) is 17.2 Å². The summed E-state index contributed by atoms with van der Waals surface area (Å²) in [6.07, 6.45) is 1.57. The van der Waals surface area contributed by atoms with Gasteiger partial charge >= 0.3 is 0 Å². The van der Waals surface area contributed by atoms with E-state index < -0.39 is 5.91 Å². The lowest BCUT2D eigenvalue weighted by Gasteiger charge is -2.11. The second-order valence-electron chi connectivity index (χ2n) is 5.78. The maximum Gasteiger partial charge on any atom is 0.262 e. The van der Waals surface area contributed by atoms with Gasteiger partial charge in [0.25, 0.3) is 5.91 Å². The zero-order valence-corrected chi connectivity index (χ0v) is 20.5. The molecule has 0 fully saturated rings. The third-order valence-electron chi connectivity index (χ3n) is 3.92. The molecule has 0 aliphatic carbocycles. The Kier molecular flexibility index (Phi) is 9.03. The van der Waals surface area contributed by atoms with E-state index >= 15 is 0 Å². The predicted molar refractivity (Wildman–Crippen MR) is 128 cm³/mol. The lowest BCUT2D eigenvalue weighted by atomic mass is 10.1. The van der Waals surface area contributed by atoms with Gasteiger partial charge < -0.3 is 19.5 Å². The fourth-order valence-electron chi connectivity index (χ4n) is 2.53. The molecule has 1 amide bonds. The topological polar surface area (TPSA) is 80.6 Å². The number of nitriles is 1. The zero-order chi connectivity index (χ0) is 21.4. The van der Waals surface area contributed by atoms with Crippen LogP contribution in [-0.4, -0.2) is 26.7 Å². The van der Waals surface area contributed by atoms with Gasteiger partial charge in [-0.15, -0.1) is 0 Å². The Hall–Kier alpha value is -2.00. The van der Waals surface area contributed by atoms with Crippen LogP contribution < -0.4 is 19.5 Å². The van der Waals surface area contributed by atoms with Gasteiger partial charge in [-0.25, -0.2) is 0 Å². The van der Waals surface area contributed by atoms with Crippen molar-refractivity contribution in [2.45, 2.75) is 13.5 Å². The fourth-order valence-corrected chi connectivity index (χ4v) is 4.66. The fraction of sp³-hybridized carbons (Fsp3) is 0.238. The van der Waals surface area contributed by atoms with Crippen molar-refractivity contribution in [3.63, 3.8) is 0 Å². The molecule has 2 rings (SSSR count). The molecule has 0 unspecified atom stereocenters. The molecule has 0 radical (unpaired) electrons. The number of nitrogens with one attached hydrogen (secondary N) is 1. The van der Waals surface area contributed by atoms with Crippen molar-refractivity contribution in [3.05, 3.63) is 54.2 Å². The Bertz CT molecular complexity index is 945. The molecular formula is C21H20I2N2O4. The monoisotopic (exact) mass is 618 g/mol. The Morgan fingerprint density at radius 1 is 1.17 bits per heavy atom. The van der Waals surface area contributed by atoms with Gasteiger partial charge in [-0.05, 0) is 88.0 Å². The number of rotatable bonds is 8. The lowest BCUT2D eigenvalue weighted by molar-refractivity contribution is -0.117. The number of hydrogen-bond acceptors (Lipinski definition) is 5. The summed E-state index contributed by atoms with van der Waals surface area (Å²) in [5, 5.41) is 12.2. The van der Waals surface area contributed by atoms with Crippen LogP contribution in [0.15, 0.2) is 35.9 Å². The van der Waals surface area contributed by atoms with E-state index in [2.05, 4.69) is 50.5 Å². The largest absolute Gasteiger partial charge is 0.497 e. The van der Waals surface area contributed by atoms with Gasteiger partial charge in [0.1, 0.15) is 28.9 Å². The molecule has 2 aromatic carbocycles. The number of methoxy groups -OCH3 is 2. The van der Waals surface area contributed by atoms with E-state index in [0.717, 1.165) is 24.0 Å². The normalized spacial score (nSPS) is 10.8. The van der Waals surface area contributed by atoms with Crippen LogP contribution in [0, 0.1) is 18.5 Å². The van der Waals surface area contributed by atoms with Crippen molar-refractivity contribution in [1.82, 2.24) is 5.32 Å². The van der Waals surface area contributed by atoms with Crippen LogP contribution in [0.2, 0.25) is 0 Å². The van der Waals surface area contributed by atoms with Gasteiger partial charge in [0.2, 0.25) is 0 Å². The van der Waals surface area contributed by atoms with Crippen molar-refractivity contribution >= 4 is 57.2 Å². The highest BCUT2D eigenvalue weighted by Crippen LogP contribution is 2.30. The standard InChI is InChI=1S/C21H20I2N2O4/c1-4-29-20-17(22)8-13(9-18(20)23)7-15(11-24)21(26)25-12-14-5-6-16(27-2)10-19(14)28-3/h5-10H,4,12H2,1-3H3,(H,25,26)/b15-7+. The molecule has 2 aromatic rings. The number of carbonyl (C=O) groups is 1. The molecule has 0 aliphatic heterocycles. The quantitative estimate of drug-likeness (QED) is 0.267. The summed E-state index contributed by atoms with van der Waals surface area (Å²) in [4.78, 5) is 12.5. The van der Waals surface area contributed by atoms with Crippen molar-refractivity contribution in [1.29, 1.82) is 5.26 Å². The molecule has 29 heavy (non-hydrogen) atoms. The Morgan fingerprint density at radius 2 is 1.86 bits per heavy atom. The van der Waals surface area contributed by atoms with Crippen molar-refractivity contribution in [2.24, 2.45) is 0 Å². The van der Waals surface area contributed by atoms with E-state index in [-0.39, 0.29) is 12.1 Å². The number of amides is 1. The molecule has 0 aliphatic rings. The highest BCUT2D eigenvalue weighted by atomic mass is 127. The molecule has 152 valence electrons. The Morgan fingerprint density at radius 3 is 2.41 bits per heavy atom. The summed E-state index contributed by atoms with van der Waals surface area (Å²) in [5.41, 5.74) is 1.56. The molecule has 0 heterocycles. The first-order valence-corrected chi connectivity index (χ1v) is 10.8. The summed E-state index contributed by atoms with van der Waals surface area (Å²) >= 11 is 4.36. The van der Waals surface area contributed by atoms with E-state index in [1.807, 2.05) is 31.2 Å². The van der Waals surface area contributed by atoms with Gasteiger partial charge in [-0.2, -0.15) is 5.26 Å². The Balaban J connectivity index is 2.18. The zero-order valence-electron chi connectivity index (χ0n) is 16.2. The molecule has 1 N–H and O–H groups in total. The molecule has 6 nitrogen and oxygen atoms in total. The lowest BCUT2D eigenvalue weighted by Crippen LogP contribution is -2.24. The number of carbonyl (C=O) groups excluding carboxylic acids is 1. The first-order chi connectivity index (χ1) is 13.9. The Labute approximate surface area is 197 Å². The molecular weight excluding hydrogens is 598 g/mol. The van der Waals surface area contributed by atoms with Crippen molar-refractivity contribution in [2.75, 3.05) is 20.8 Å². The van der Waals surface area contributed by atoms with E-state index in [0.29, 0.717) is 18.1 Å². The third-order valence-corrected chi connectivity index (χ3v) is 5.52. The average Bonchev–Trinajstić information content (AvgIpc) is 2.72. The SMILES string of the molecule is CCOc1c(I)cc(/C=C(\C#N)C(=O)NCc2ccc(OC)cc2OC)cc1I. The van der Waals surface area contributed by atoms with Gasteiger partial charge in [-0.3, -0.25) is 4.79 Å². The minimum atomic E-state index is -0.454.